The molecule has 1 aromatic heterocycles. The first-order chi connectivity index (χ1) is 7.18. The molecular formula is C12H10BrNO. The quantitative estimate of drug-likeness (QED) is 0.829. The van der Waals surface area contributed by atoms with Crippen LogP contribution in [0.4, 0.5) is 0 Å². The van der Waals surface area contributed by atoms with Crippen molar-refractivity contribution in [2.45, 2.75) is 6.92 Å². The minimum absolute atomic E-state index is 0.0567. The molecule has 0 aliphatic rings. The Balaban J connectivity index is 2.42. The van der Waals surface area contributed by atoms with Gasteiger partial charge in [-0.1, -0.05) is 15.9 Å². The van der Waals surface area contributed by atoms with Crippen molar-refractivity contribution in [3.05, 3.63) is 57.8 Å². The normalized spacial score (nSPS) is 10.3. The molecule has 0 aliphatic heterocycles. The van der Waals surface area contributed by atoms with Crippen LogP contribution in [0.15, 0.2) is 41.1 Å². The van der Waals surface area contributed by atoms with Crippen LogP contribution in [0.25, 0.3) is 0 Å². The third kappa shape index (κ3) is 2.02. The van der Waals surface area contributed by atoms with Crippen molar-refractivity contribution in [1.29, 1.82) is 0 Å². The Morgan fingerprint density at radius 2 is 2.13 bits per heavy atom. The molecule has 0 atom stereocenters. The Hall–Kier alpha value is -1.35. The van der Waals surface area contributed by atoms with E-state index in [4.69, 9.17) is 0 Å². The van der Waals surface area contributed by atoms with Crippen molar-refractivity contribution >= 4 is 21.7 Å². The largest absolute Gasteiger partial charge is 0.367 e. The van der Waals surface area contributed by atoms with Gasteiger partial charge in [0, 0.05) is 28.0 Å². The van der Waals surface area contributed by atoms with Gasteiger partial charge in [0.05, 0.1) is 0 Å². The van der Waals surface area contributed by atoms with Crippen LogP contribution in [0, 0.1) is 6.92 Å². The van der Waals surface area contributed by atoms with Crippen molar-refractivity contribution in [3.63, 3.8) is 0 Å². The van der Waals surface area contributed by atoms with E-state index in [1.165, 1.54) is 0 Å². The van der Waals surface area contributed by atoms with Crippen LogP contribution < -0.4 is 0 Å². The van der Waals surface area contributed by atoms with Crippen LogP contribution in [-0.2, 0) is 0 Å². The molecule has 0 saturated carbocycles. The molecule has 0 amide bonds. The maximum atomic E-state index is 12.0. The molecule has 0 radical (unpaired) electrons. The summed E-state index contributed by atoms with van der Waals surface area (Å²) in [4.78, 5) is 14.9. The van der Waals surface area contributed by atoms with Crippen LogP contribution in [-0.4, -0.2) is 10.8 Å². The summed E-state index contributed by atoms with van der Waals surface area (Å²) in [5, 5.41) is 0. The van der Waals surface area contributed by atoms with Gasteiger partial charge in [0.25, 0.3) is 0 Å². The lowest BCUT2D eigenvalue weighted by Crippen LogP contribution is -2.02. The van der Waals surface area contributed by atoms with E-state index in [-0.39, 0.29) is 5.78 Å². The molecule has 2 rings (SSSR count). The number of aromatic amines is 1. The molecule has 76 valence electrons. The number of H-pyrrole nitrogens is 1. The highest BCUT2D eigenvalue weighted by molar-refractivity contribution is 9.10. The topological polar surface area (TPSA) is 32.9 Å². The summed E-state index contributed by atoms with van der Waals surface area (Å²) in [6.07, 6.45) is 3.46. The van der Waals surface area contributed by atoms with Gasteiger partial charge in [-0.3, -0.25) is 4.79 Å². The summed E-state index contributed by atoms with van der Waals surface area (Å²) in [6, 6.07) is 7.45. The lowest BCUT2D eigenvalue weighted by molar-refractivity contribution is 0.103. The Morgan fingerprint density at radius 1 is 1.33 bits per heavy atom. The molecule has 0 unspecified atom stereocenters. The molecule has 2 nitrogen and oxygen atoms in total. The Labute approximate surface area is 96.5 Å². The third-order valence-corrected chi connectivity index (χ3v) is 2.79. The minimum Gasteiger partial charge on any atom is -0.367 e. The van der Waals surface area contributed by atoms with E-state index in [0.717, 1.165) is 15.6 Å². The Morgan fingerprint density at radius 3 is 2.73 bits per heavy atom. The molecule has 0 bridgehead atoms. The zero-order valence-corrected chi connectivity index (χ0v) is 9.84. The standard InChI is InChI=1S/C12H10BrNO/c1-8-6-10(13)2-3-11(8)12(15)9-4-5-14-7-9/h2-7,14H,1H3. The number of nitrogens with one attached hydrogen (secondary N) is 1. The molecular weight excluding hydrogens is 254 g/mol. The molecule has 15 heavy (non-hydrogen) atoms. The molecule has 1 N–H and O–H groups in total. The smallest absolute Gasteiger partial charge is 0.194 e. The van der Waals surface area contributed by atoms with Crippen molar-refractivity contribution in [3.8, 4) is 0 Å². The number of halogens is 1. The molecule has 0 spiro atoms. The highest BCUT2D eigenvalue weighted by atomic mass is 79.9. The number of carbonyl (C=O) groups excluding carboxylic acids is 1. The third-order valence-electron chi connectivity index (χ3n) is 2.29. The second kappa shape index (κ2) is 4.03. The van der Waals surface area contributed by atoms with Gasteiger partial charge in [-0.2, -0.15) is 0 Å². The average molecular weight is 264 g/mol. The first-order valence-corrected chi connectivity index (χ1v) is 5.41. The van der Waals surface area contributed by atoms with Gasteiger partial charge in [0.2, 0.25) is 0 Å². The molecule has 1 aromatic carbocycles. The number of carbonyl (C=O) groups is 1. The summed E-state index contributed by atoms with van der Waals surface area (Å²) in [6.45, 7) is 1.94. The Bertz CT molecular complexity index is 488. The first kappa shape index (κ1) is 10.2. The van der Waals surface area contributed by atoms with E-state index in [2.05, 4.69) is 20.9 Å². The van der Waals surface area contributed by atoms with Crippen LogP contribution in [0.3, 0.4) is 0 Å². The molecule has 0 fully saturated rings. The number of ketones is 1. The number of hydrogen-bond donors (Lipinski definition) is 1. The van der Waals surface area contributed by atoms with E-state index in [1.807, 2.05) is 25.1 Å². The maximum absolute atomic E-state index is 12.0. The average Bonchev–Trinajstić information content (AvgIpc) is 2.69. The monoisotopic (exact) mass is 263 g/mol. The van der Waals surface area contributed by atoms with Crippen LogP contribution in [0.1, 0.15) is 21.5 Å². The number of benzene rings is 1. The predicted molar refractivity (Wildman–Crippen MR) is 63.1 cm³/mol. The zero-order valence-electron chi connectivity index (χ0n) is 8.25. The van der Waals surface area contributed by atoms with Gasteiger partial charge in [0.1, 0.15) is 0 Å². The summed E-state index contributed by atoms with van der Waals surface area (Å²) >= 11 is 3.38. The Kier molecular flexibility index (Phi) is 2.73. The minimum atomic E-state index is 0.0567. The highest BCUT2D eigenvalue weighted by Gasteiger charge is 2.11. The second-order valence-corrected chi connectivity index (χ2v) is 4.30. The maximum Gasteiger partial charge on any atom is 0.194 e. The van der Waals surface area contributed by atoms with Crippen molar-refractivity contribution in [2.24, 2.45) is 0 Å². The number of aryl methyl sites for hydroxylation is 1. The second-order valence-electron chi connectivity index (χ2n) is 3.39. The number of aromatic nitrogens is 1. The van der Waals surface area contributed by atoms with Gasteiger partial charge in [-0.25, -0.2) is 0 Å². The van der Waals surface area contributed by atoms with Gasteiger partial charge >= 0.3 is 0 Å². The van der Waals surface area contributed by atoms with E-state index in [0.29, 0.717) is 5.56 Å². The molecule has 3 heteroatoms. The van der Waals surface area contributed by atoms with E-state index in [1.54, 1.807) is 18.5 Å². The molecule has 0 aliphatic carbocycles. The van der Waals surface area contributed by atoms with Gasteiger partial charge in [-0.05, 0) is 36.8 Å². The van der Waals surface area contributed by atoms with Gasteiger partial charge in [0.15, 0.2) is 5.78 Å². The van der Waals surface area contributed by atoms with Crippen LogP contribution >= 0.6 is 15.9 Å². The number of hydrogen-bond acceptors (Lipinski definition) is 1. The lowest BCUT2D eigenvalue weighted by Gasteiger charge is -2.03. The summed E-state index contributed by atoms with van der Waals surface area (Å²) < 4.78 is 0.991. The first-order valence-electron chi connectivity index (χ1n) is 4.62. The summed E-state index contributed by atoms with van der Waals surface area (Å²) in [5.41, 5.74) is 2.42. The van der Waals surface area contributed by atoms with E-state index in [9.17, 15) is 4.79 Å². The molecule has 2 aromatic rings. The predicted octanol–water partition coefficient (Wildman–Crippen LogP) is 3.32. The fourth-order valence-electron chi connectivity index (χ4n) is 1.50. The fourth-order valence-corrected chi connectivity index (χ4v) is 1.98. The van der Waals surface area contributed by atoms with Crippen LogP contribution in [0.5, 0.6) is 0 Å². The number of rotatable bonds is 2. The summed E-state index contributed by atoms with van der Waals surface area (Å²) in [7, 11) is 0. The van der Waals surface area contributed by atoms with Crippen molar-refractivity contribution < 1.29 is 4.79 Å². The van der Waals surface area contributed by atoms with Gasteiger partial charge < -0.3 is 4.98 Å². The van der Waals surface area contributed by atoms with Crippen LogP contribution in [0.2, 0.25) is 0 Å². The van der Waals surface area contributed by atoms with E-state index >= 15 is 0 Å². The fraction of sp³-hybridized carbons (Fsp3) is 0.0833. The van der Waals surface area contributed by atoms with Gasteiger partial charge in [-0.15, -0.1) is 0 Å². The summed E-state index contributed by atoms with van der Waals surface area (Å²) in [5.74, 6) is 0.0567. The highest BCUT2D eigenvalue weighted by Crippen LogP contribution is 2.18. The SMILES string of the molecule is Cc1cc(Br)ccc1C(=O)c1cc[nH]c1. The van der Waals surface area contributed by atoms with Crippen molar-refractivity contribution in [2.75, 3.05) is 0 Å². The zero-order chi connectivity index (χ0) is 10.8. The molecule has 0 saturated heterocycles. The molecule has 1 heterocycles. The lowest BCUT2D eigenvalue weighted by atomic mass is 10.0. The van der Waals surface area contributed by atoms with E-state index < -0.39 is 0 Å². The van der Waals surface area contributed by atoms with Crippen molar-refractivity contribution in [1.82, 2.24) is 4.98 Å².